The highest BCUT2D eigenvalue weighted by atomic mass is 127. The normalized spacial score (nSPS) is 22.8. The van der Waals surface area contributed by atoms with E-state index in [-0.39, 0.29) is 24.0 Å². The van der Waals surface area contributed by atoms with Crippen molar-refractivity contribution in [1.29, 1.82) is 0 Å². The fraction of sp³-hybridized carbons (Fsp3) is 0.682. The third kappa shape index (κ3) is 6.32. The van der Waals surface area contributed by atoms with E-state index < -0.39 is 0 Å². The summed E-state index contributed by atoms with van der Waals surface area (Å²) in [5, 5.41) is 3.52. The van der Waals surface area contributed by atoms with Gasteiger partial charge in [-0.2, -0.15) is 0 Å². The van der Waals surface area contributed by atoms with E-state index in [1.165, 1.54) is 25.1 Å². The van der Waals surface area contributed by atoms with Crippen molar-refractivity contribution in [2.24, 2.45) is 10.9 Å². The number of halogens is 1. The van der Waals surface area contributed by atoms with E-state index in [9.17, 15) is 0 Å². The Morgan fingerprint density at radius 3 is 2.39 bits per heavy atom. The van der Waals surface area contributed by atoms with Gasteiger partial charge in [-0.25, -0.2) is 0 Å². The molecule has 2 aliphatic heterocycles. The number of likely N-dealkylation sites (tertiary alicyclic amines) is 1. The van der Waals surface area contributed by atoms with Crippen molar-refractivity contribution in [3.63, 3.8) is 0 Å². The summed E-state index contributed by atoms with van der Waals surface area (Å²) < 4.78 is 0. The number of rotatable bonds is 6. The third-order valence-electron chi connectivity index (χ3n) is 5.95. The van der Waals surface area contributed by atoms with Crippen LogP contribution in [0.3, 0.4) is 0 Å². The van der Waals surface area contributed by atoms with Crippen LogP contribution >= 0.6 is 24.0 Å². The Bertz CT molecular complexity index is 586. The number of nitrogens with one attached hydrogen (secondary N) is 1. The molecular formula is C22H38IN5. The van der Waals surface area contributed by atoms with Crippen LogP contribution in [0.15, 0.2) is 35.3 Å². The summed E-state index contributed by atoms with van der Waals surface area (Å²) in [7, 11) is 2.21. The minimum Gasteiger partial charge on any atom is -0.357 e. The van der Waals surface area contributed by atoms with Gasteiger partial charge in [-0.15, -0.1) is 24.0 Å². The van der Waals surface area contributed by atoms with Gasteiger partial charge in [0.1, 0.15) is 0 Å². The maximum atomic E-state index is 4.99. The number of benzene rings is 1. The molecule has 6 heteroatoms. The Morgan fingerprint density at radius 2 is 1.82 bits per heavy atom. The van der Waals surface area contributed by atoms with E-state index >= 15 is 0 Å². The van der Waals surface area contributed by atoms with Gasteiger partial charge in [0.15, 0.2) is 5.96 Å². The van der Waals surface area contributed by atoms with Crippen LogP contribution in [0.2, 0.25) is 0 Å². The van der Waals surface area contributed by atoms with Gasteiger partial charge in [-0.05, 0) is 44.8 Å². The summed E-state index contributed by atoms with van der Waals surface area (Å²) in [5.41, 5.74) is 1.44. The van der Waals surface area contributed by atoms with Crippen LogP contribution in [-0.2, 0) is 0 Å². The fourth-order valence-electron chi connectivity index (χ4n) is 4.44. The molecule has 1 aromatic carbocycles. The van der Waals surface area contributed by atoms with Crippen LogP contribution in [0, 0.1) is 5.92 Å². The van der Waals surface area contributed by atoms with Crippen LogP contribution in [0.1, 0.15) is 38.3 Å². The van der Waals surface area contributed by atoms with E-state index in [1.807, 2.05) is 0 Å². The minimum absolute atomic E-state index is 0. The third-order valence-corrected chi connectivity index (χ3v) is 5.95. The number of hydrogen-bond donors (Lipinski definition) is 1. The standard InChI is InChI=1S/C22H37N5.HI/c1-4-21(20-9-7-6-8-10-20)26-13-15-27(16-14-26)22(23-5-2)24-17-19-11-12-25(3)18-19;/h6-10,19,21H,4-5,11-18H2,1-3H3,(H,23,24);1H. The van der Waals surface area contributed by atoms with Crippen molar-refractivity contribution in [3.8, 4) is 0 Å². The van der Waals surface area contributed by atoms with Crippen molar-refractivity contribution in [3.05, 3.63) is 35.9 Å². The molecule has 0 bridgehead atoms. The highest BCUT2D eigenvalue weighted by molar-refractivity contribution is 14.0. The monoisotopic (exact) mass is 499 g/mol. The maximum Gasteiger partial charge on any atom is 0.194 e. The predicted octanol–water partition coefficient (Wildman–Crippen LogP) is 3.29. The molecule has 0 aromatic heterocycles. The maximum absolute atomic E-state index is 4.99. The molecule has 2 unspecified atom stereocenters. The lowest BCUT2D eigenvalue weighted by Gasteiger charge is -2.40. The summed E-state index contributed by atoms with van der Waals surface area (Å²) >= 11 is 0. The number of guanidine groups is 1. The predicted molar refractivity (Wildman–Crippen MR) is 130 cm³/mol. The lowest BCUT2D eigenvalue weighted by Crippen LogP contribution is -2.53. The molecule has 158 valence electrons. The van der Waals surface area contributed by atoms with Gasteiger partial charge in [0, 0.05) is 51.9 Å². The first-order valence-corrected chi connectivity index (χ1v) is 10.7. The zero-order valence-electron chi connectivity index (χ0n) is 17.8. The van der Waals surface area contributed by atoms with Gasteiger partial charge in [-0.3, -0.25) is 9.89 Å². The van der Waals surface area contributed by atoms with Crippen LogP contribution in [0.25, 0.3) is 0 Å². The molecule has 2 atom stereocenters. The first-order chi connectivity index (χ1) is 13.2. The summed E-state index contributed by atoms with van der Waals surface area (Å²) in [5.74, 6) is 1.83. The highest BCUT2D eigenvalue weighted by Crippen LogP contribution is 2.25. The van der Waals surface area contributed by atoms with E-state index in [2.05, 4.69) is 71.2 Å². The number of nitrogens with zero attached hydrogens (tertiary/aromatic N) is 4. The first-order valence-electron chi connectivity index (χ1n) is 10.7. The second-order valence-electron chi connectivity index (χ2n) is 7.97. The van der Waals surface area contributed by atoms with E-state index in [4.69, 9.17) is 4.99 Å². The molecule has 2 heterocycles. The van der Waals surface area contributed by atoms with E-state index in [1.54, 1.807) is 0 Å². The van der Waals surface area contributed by atoms with E-state index in [0.717, 1.165) is 51.6 Å². The molecule has 1 N–H and O–H groups in total. The zero-order valence-corrected chi connectivity index (χ0v) is 20.1. The van der Waals surface area contributed by atoms with Crippen LogP contribution < -0.4 is 5.32 Å². The molecule has 0 aliphatic carbocycles. The molecular weight excluding hydrogens is 461 g/mol. The van der Waals surface area contributed by atoms with Crippen molar-refractivity contribution in [1.82, 2.24) is 20.0 Å². The topological polar surface area (TPSA) is 34.1 Å². The minimum atomic E-state index is 0. The lowest BCUT2D eigenvalue weighted by atomic mass is 10.0. The molecule has 5 nitrogen and oxygen atoms in total. The molecule has 2 fully saturated rings. The Labute approximate surface area is 188 Å². The van der Waals surface area contributed by atoms with Crippen LogP contribution in [-0.4, -0.2) is 80.1 Å². The Morgan fingerprint density at radius 1 is 1.11 bits per heavy atom. The first kappa shape index (κ1) is 23.4. The fourth-order valence-corrected chi connectivity index (χ4v) is 4.44. The lowest BCUT2D eigenvalue weighted by molar-refractivity contribution is 0.127. The zero-order chi connectivity index (χ0) is 19.1. The molecule has 2 aliphatic rings. The molecule has 28 heavy (non-hydrogen) atoms. The number of piperazine rings is 1. The van der Waals surface area contributed by atoms with Gasteiger partial charge in [0.25, 0.3) is 0 Å². The van der Waals surface area contributed by atoms with Crippen molar-refractivity contribution >= 4 is 29.9 Å². The average Bonchev–Trinajstić information content (AvgIpc) is 3.12. The van der Waals surface area contributed by atoms with Gasteiger partial charge in [-0.1, -0.05) is 37.3 Å². The second-order valence-corrected chi connectivity index (χ2v) is 7.97. The van der Waals surface area contributed by atoms with Crippen molar-refractivity contribution < 1.29 is 0 Å². The van der Waals surface area contributed by atoms with Gasteiger partial charge >= 0.3 is 0 Å². The second kappa shape index (κ2) is 12.0. The average molecular weight is 499 g/mol. The molecule has 1 aromatic rings. The molecule has 0 spiro atoms. The van der Waals surface area contributed by atoms with E-state index in [0.29, 0.717) is 12.0 Å². The Kier molecular flexibility index (Phi) is 10.0. The molecule has 3 rings (SSSR count). The molecule has 0 amide bonds. The molecule has 2 saturated heterocycles. The van der Waals surface area contributed by atoms with Crippen LogP contribution in [0.4, 0.5) is 0 Å². The number of hydrogen-bond acceptors (Lipinski definition) is 3. The van der Waals surface area contributed by atoms with Gasteiger partial charge in [0.05, 0.1) is 0 Å². The Balaban J connectivity index is 0.00000280. The Hall–Kier alpha value is -0.860. The summed E-state index contributed by atoms with van der Waals surface area (Å²) in [6.45, 7) is 13.1. The summed E-state index contributed by atoms with van der Waals surface area (Å²) in [4.78, 5) is 12.5. The van der Waals surface area contributed by atoms with Crippen molar-refractivity contribution in [2.75, 3.05) is 59.4 Å². The quantitative estimate of drug-likeness (QED) is 0.370. The SMILES string of the molecule is CCNC(=NCC1CCN(C)C1)N1CCN(C(CC)c2ccccc2)CC1.I. The highest BCUT2D eigenvalue weighted by Gasteiger charge is 2.26. The summed E-state index contributed by atoms with van der Waals surface area (Å²) in [6, 6.07) is 11.5. The van der Waals surface area contributed by atoms with Gasteiger partial charge < -0.3 is 15.1 Å². The van der Waals surface area contributed by atoms with Crippen molar-refractivity contribution in [2.45, 2.75) is 32.7 Å². The van der Waals surface area contributed by atoms with Gasteiger partial charge in [0.2, 0.25) is 0 Å². The largest absolute Gasteiger partial charge is 0.357 e. The molecule has 0 saturated carbocycles. The summed E-state index contributed by atoms with van der Waals surface area (Å²) in [6.07, 6.45) is 2.44. The van der Waals surface area contributed by atoms with Crippen LogP contribution in [0.5, 0.6) is 0 Å². The smallest absolute Gasteiger partial charge is 0.194 e. The molecule has 0 radical (unpaired) electrons. The number of aliphatic imine (C=N–C) groups is 1.